The van der Waals surface area contributed by atoms with E-state index in [1.807, 2.05) is 0 Å². The lowest BCUT2D eigenvalue weighted by Crippen LogP contribution is -2.04. The third kappa shape index (κ3) is 2.42. The van der Waals surface area contributed by atoms with Crippen molar-refractivity contribution in [3.05, 3.63) is 63.9 Å². The highest BCUT2D eigenvalue weighted by Crippen LogP contribution is 2.22. The van der Waals surface area contributed by atoms with Crippen LogP contribution in [0.25, 0.3) is 6.08 Å². The molecule has 4 nitrogen and oxygen atoms in total. The molecule has 20 heavy (non-hydrogen) atoms. The van der Waals surface area contributed by atoms with Crippen LogP contribution in [0.4, 0.5) is 4.39 Å². The number of hydrogen-bond donors (Lipinski definition) is 0. The van der Waals surface area contributed by atoms with Gasteiger partial charge in [0.2, 0.25) is 0 Å². The Labute approximate surface area is 121 Å². The summed E-state index contributed by atoms with van der Waals surface area (Å²) in [5.74, 6) is -0.696. The molecule has 0 bridgehead atoms. The minimum Gasteiger partial charge on any atom is -0.444 e. The second kappa shape index (κ2) is 5.05. The molecule has 0 amide bonds. The van der Waals surface area contributed by atoms with Gasteiger partial charge >= 0.3 is 5.97 Å². The molecule has 1 aliphatic rings. The maximum Gasteiger partial charge on any atom is 0.363 e. The maximum atomic E-state index is 13.5. The first-order valence-corrected chi connectivity index (χ1v) is 6.45. The summed E-state index contributed by atoms with van der Waals surface area (Å²) in [6, 6.07) is 9.36. The fourth-order valence-corrected chi connectivity index (χ4v) is 1.99. The van der Waals surface area contributed by atoms with Gasteiger partial charge in [0.1, 0.15) is 5.82 Å². The molecule has 0 spiro atoms. The van der Waals surface area contributed by atoms with Gasteiger partial charge in [-0.25, -0.2) is 14.2 Å². The Kier molecular flexibility index (Phi) is 3.23. The van der Waals surface area contributed by atoms with E-state index in [-0.39, 0.29) is 17.2 Å². The van der Waals surface area contributed by atoms with Crippen molar-refractivity contribution in [2.45, 2.75) is 0 Å². The molecule has 1 aliphatic heterocycles. The standard InChI is InChI=1S/C14H7BrFNO3/c15-12-6-5-11(19-12)13-17-10(14(18)20-13)7-8-3-1-2-4-9(8)16/h1-7H/b10-7+. The fourth-order valence-electron chi connectivity index (χ4n) is 1.68. The van der Waals surface area contributed by atoms with Crippen LogP contribution in [0.5, 0.6) is 0 Å². The number of benzene rings is 1. The van der Waals surface area contributed by atoms with E-state index in [9.17, 15) is 9.18 Å². The van der Waals surface area contributed by atoms with Crippen LogP contribution in [-0.4, -0.2) is 11.9 Å². The largest absolute Gasteiger partial charge is 0.444 e. The van der Waals surface area contributed by atoms with Crippen LogP contribution < -0.4 is 0 Å². The summed E-state index contributed by atoms with van der Waals surface area (Å²) in [6.07, 6.45) is 1.34. The van der Waals surface area contributed by atoms with E-state index >= 15 is 0 Å². The molecule has 0 saturated heterocycles. The summed E-state index contributed by atoms with van der Waals surface area (Å²) >= 11 is 3.15. The highest BCUT2D eigenvalue weighted by atomic mass is 79.9. The lowest BCUT2D eigenvalue weighted by molar-refractivity contribution is -0.130. The highest BCUT2D eigenvalue weighted by molar-refractivity contribution is 9.10. The fraction of sp³-hybridized carbons (Fsp3) is 0. The van der Waals surface area contributed by atoms with Gasteiger partial charge in [-0.15, -0.1) is 0 Å². The summed E-state index contributed by atoms with van der Waals surface area (Å²) in [4.78, 5) is 15.7. The first kappa shape index (κ1) is 12.8. The van der Waals surface area contributed by atoms with Gasteiger partial charge in [-0.2, -0.15) is 0 Å². The molecule has 0 saturated carbocycles. The third-order valence-electron chi connectivity index (χ3n) is 2.60. The van der Waals surface area contributed by atoms with Crippen LogP contribution >= 0.6 is 15.9 Å². The molecule has 3 rings (SSSR count). The first-order chi connectivity index (χ1) is 9.63. The van der Waals surface area contributed by atoms with Crippen LogP contribution in [0, 0.1) is 5.82 Å². The van der Waals surface area contributed by atoms with E-state index in [0.29, 0.717) is 10.4 Å². The number of carbonyl (C=O) groups is 1. The van der Waals surface area contributed by atoms with E-state index in [1.165, 1.54) is 12.1 Å². The minimum absolute atomic E-state index is 0.0256. The summed E-state index contributed by atoms with van der Waals surface area (Å²) < 4.78 is 24.3. The van der Waals surface area contributed by atoms with Gasteiger partial charge < -0.3 is 9.15 Å². The third-order valence-corrected chi connectivity index (χ3v) is 3.03. The molecule has 1 aromatic heterocycles. The highest BCUT2D eigenvalue weighted by Gasteiger charge is 2.26. The molecular formula is C14H7BrFNO3. The number of rotatable bonds is 2. The Bertz CT molecular complexity index is 748. The molecule has 6 heteroatoms. The van der Waals surface area contributed by atoms with Gasteiger partial charge in [-0.1, -0.05) is 18.2 Å². The number of furan rings is 1. The molecule has 0 radical (unpaired) electrons. The van der Waals surface area contributed by atoms with Gasteiger partial charge in [0.25, 0.3) is 5.90 Å². The average molecular weight is 336 g/mol. The summed E-state index contributed by atoms with van der Waals surface area (Å²) in [5.41, 5.74) is 0.294. The van der Waals surface area contributed by atoms with Crippen molar-refractivity contribution in [1.82, 2.24) is 0 Å². The minimum atomic E-state index is -0.643. The van der Waals surface area contributed by atoms with Gasteiger partial charge in [-0.05, 0) is 40.2 Å². The molecule has 0 aliphatic carbocycles. The topological polar surface area (TPSA) is 51.8 Å². The van der Waals surface area contributed by atoms with Gasteiger partial charge in [0, 0.05) is 5.56 Å². The Balaban J connectivity index is 1.97. The van der Waals surface area contributed by atoms with Crippen molar-refractivity contribution in [3.8, 4) is 0 Å². The lowest BCUT2D eigenvalue weighted by Gasteiger charge is -1.95. The van der Waals surface area contributed by atoms with Crippen molar-refractivity contribution in [2.24, 2.45) is 4.99 Å². The summed E-state index contributed by atoms with van der Waals surface area (Å²) in [6.45, 7) is 0. The molecule has 2 aromatic rings. The smallest absolute Gasteiger partial charge is 0.363 e. The second-order valence-electron chi connectivity index (χ2n) is 3.96. The number of hydrogen-bond acceptors (Lipinski definition) is 4. The van der Waals surface area contributed by atoms with Crippen LogP contribution in [0.1, 0.15) is 11.3 Å². The number of esters is 1. The zero-order valence-corrected chi connectivity index (χ0v) is 11.6. The molecule has 0 unspecified atom stereocenters. The van der Waals surface area contributed by atoms with Gasteiger partial charge in [0.15, 0.2) is 16.1 Å². The van der Waals surface area contributed by atoms with Crippen molar-refractivity contribution < 1.29 is 18.3 Å². The van der Waals surface area contributed by atoms with Crippen LogP contribution in [0.3, 0.4) is 0 Å². The number of halogens is 2. The van der Waals surface area contributed by atoms with E-state index < -0.39 is 11.8 Å². The predicted octanol–water partition coefficient (Wildman–Crippen LogP) is 3.53. The van der Waals surface area contributed by atoms with Gasteiger partial charge in [0.05, 0.1) is 0 Å². The Morgan fingerprint density at radius 2 is 2.00 bits per heavy atom. The number of cyclic esters (lactones) is 1. The van der Waals surface area contributed by atoms with E-state index in [0.717, 1.165) is 0 Å². The van der Waals surface area contributed by atoms with Crippen molar-refractivity contribution in [3.63, 3.8) is 0 Å². The van der Waals surface area contributed by atoms with E-state index in [1.54, 1.807) is 30.3 Å². The SMILES string of the molecule is O=C1OC(c2ccc(Br)o2)=N/C1=C/c1ccccc1F. The Morgan fingerprint density at radius 1 is 1.20 bits per heavy atom. The number of ether oxygens (including phenoxy) is 1. The quantitative estimate of drug-likeness (QED) is 0.623. The zero-order chi connectivity index (χ0) is 14.1. The number of aliphatic imine (C=N–C) groups is 1. The number of nitrogens with zero attached hydrogens (tertiary/aromatic N) is 1. The Morgan fingerprint density at radius 3 is 2.70 bits per heavy atom. The average Bonchev–Trinajstić information content (AvgIpc) is 2.99. The van der Waals surface area contributed by atoms with Crippen molar-refractivity contribution in [1.29, 1.82) is 0 Å². The molecule has 100 valence electrons. The van der Waals surface area contributed by atoms with Gasteiger partial charge in [-0.3, -0.25) is 0 Å². The molecule has 0 fully saturated rings. The van der Waals surface area contributed by atoms with Crippen LogP contribution in [0.15, 0.2) is 56.2 Å². The summed E-state index contributed by atoms with van der Waals surface area (Å²) in [7, 11) is 0. The lowest BCUT2D eigenvalue weighted by atomic mass is 10.2. The first-order valence-electron chi connectivity index (χ1n) is 5.66. The Hall–Kier alpha value is -2.21. The van der Waals surface area contributed by atoms with Crippen molar-refractivity contribution >= 4 is 33.9 Å². The normalized spacial score (nSPS) is 16.4. The molecule has 1 aromatic carbocycles. The van der Waals surface area contributed by atoms with E-state index in [2.05, 4.69) is 20.9 Å². The molecular weight excluding hydrogens is 329 g/mol. The van der Waals surface area contributed by atoms with Crippen LogP contribution in [0.2, 0.25) is 0 Å². The van der Waals surface area contributed by atoms with Crippen LogP contribution in [-0.2, 0) is 9.53 Å². The molecule has 0 atom stereocenters. The molecule has 2 heterocycles. The van der Waals surface area contributed by atoms with Crippen molar-refractivity contribution in [2.75, 3.05) is 0 Å². The maximum absolute atomic E-state index is 13.5. The number of carbonyl (C=O) groups excluding carboxylic acids is 1. The second-order valence-corrected chi connectivity index (χ2v) is 4.74. The predicted molar refractivity (Wildman–Crippen MR) is 73.4 cm³/mol. The summed E-state index contributed by atoms with van der Waals surface area (Å²) in [5, 5.41) is 0. The monoisotopic (exact) mass is 335 g/mol. The molecule has 0 N–H and O–H groups in total. The van der Waals surface area contributed by atoms with E-state index in [4.69, 9.17) is 9.15 Å². The zero-order valence-electron chi connectivity index (χ0n) is 9.97.